The van der Waals surface area contributed by atoms with E-state index in [2.05, 4.69) is 0 Å². The molecule has 0 unspecified atom stereocenters. The lowest BCUT2D eigenvalue weighted by atomic mass is 10.1. The van der Waals surface area contributed by atoms with E-state index in [1.807, 2.05) is 0 Å². The highest BCUT2D eigenvalue weighted by molar-refractivity contribution is 6.30. The van der Waals surface area contributed by atoms with E-state index in [1.54, 1.807) is 0 Å². The van der Waals surface area contributed by atoms with Crippen LogP contribution < -0.4 is 0 Å². The predicted octanol–water partition coefficient (Wildman–Crippen LogP) is 1.93. The zero-order valence-corrected chi connectivity index (χ0v) is 6.81. The molecule has 12 heavy (non-hydrogen) atoms. The summed E-state index contributed by atoms with van der Waals surface area (Å²) in [5.41, 5.74) is 0.330. The Morgan fingerprint density at radius 3 is 2.83 bits per heavy atom. The van der Waals surface area contributed by atoms with Crippen molar-refractivity contribution in [3.8, 4) is 5.75 Å². The van der Waals surface area contributed by atoms with E-state index in [0.717, 1.165) is 6.07 Å². The minimum atomic E-state index is -0.691. The van der Waals surface area contributed by atoms with Crippen LogP contribution in [0.1, 0.15) is 5.56 Å². The molecule has 0 bridgehead atoms. The molecule has 1 aromatic carbocycles. The second-order valence-electron chi connectivity index (χ2n) is 2.27. The summed E-state index contributed by atoms with van der Waals surface area (Å²) < 4.78 is 12.6. The van der Waals surface area contributed by atoms with Gasteiger partial charge in [0.05, 0.1) is 5.02 Å². The number of rotatable bonds is 2. The third kappa shape index (κ3) is 1.74. The summed E-state index contributed by atoms with van der Waals surface area (Å²) >= 11 is 5.42. The topological polar surface area (TPSA) is 37.3 Å². The lowest BCUT2D eigenvalue weighted by molar-refractivity contribution is -0.107. The molecule has 0 aromatic heterocycles. The normalized spacial score (nSPS) is 9.83. The SMILES string of the molecule is O=CCc1cc(Cl)c(F)cc1O. The smallest absolute Gasteiger partial charge is 0.145 e. The molecule has 64 valence electrons. The maximum Gasteiger partial charge on any atom is 0.145 e. The number of phenols is 1. The second kappa shape index (κ2) is 3.54. The van der Waals surface area contributed by atoms with Crippen LogP contribution >= 0.6 is 11.6 Å². The second-order valence-corrected chi connectivity index (χ2v) is 2.67. The number of hydrogen-bond donors (Lipinski definition) is 1. The molecule has 0 saturated heterocycles. The molecule has 2 nitrogen and oxygen atoms in total. The van der Waals surface area contributed by atoms with Crippen LogP contribution in [0.15, 0.2) is 12.1 Å². The summed E-state index contributed by atoms with van der Waals surface area (Å²) in [6.45, 7) is 0. The average molecular weight is 189 g/mol. The van der Waals surface area contributed by atoms with Gasteiger partial charge >= 0.3 is 0 Å². The van der Waals surface area contributed by atoms with Crippen molar-refractivity contribution in [2.45, 2.75) is 6.42 Å². The molecule has 4 heteroatoms. The fraction of sp³-hybridized carbons (Fsp3) is 0.125. The van der Waals surface area contributed by atoms with Crippen LogP contribution in [0, 0.1) is 5.82 Å². The molecule has 0 atom stereocenters. The highest BCUT2D eigenvalue weighted by Gasteiger charge is 2.06. The largest absolute Gasteiger partial charge is 0.508 e. The molecule has 1 rings (SSSR count). The van der Waals surface area contributed by atoms with Gasteiger partial charge in [0.25, 0.3) is 0 Å². The van der Waals surface area contributed by atoms with Crippen LogP contribution in [0.25, 0.3) is 0 Å². The van der Waals surface area contributed by atoms with Crippen LogP contribution in [0.5, 0.6) is 5.75 Å². The zero-order chi connectivity index (χ0) is 9.14. The van der Waals surface area contributed by atoms with E-state index in [1.165, 1.54) is 6.07 Å². The van der Waals surface area contributed by atoms with Gasteiger partial charge in [0.15, 0.2) is 0 Å². The number of aldehydes is 1. The summed E-state index contributed by atoms with van der Waals surface area (Å²) in [6.07, 6.45) is 0.648. The van der Waals surface area contributed by atoms with Crippen molar-refractivity contribution >= 4 is 17.9 Å². The Bertz CT molecular complexity index is 312. The highest BCUT2D eigenvalue weighted by Crippen LogP contribution is 2.24. The van der Waals surface area contributed by atoms with E-state index in [9.17, 15) is 9.18 Å². The van der Waals surface area contributed by atoms with Crippen LogP contribution in [-0.2, 0) is 11.2 Å². The lowest BCUT2D eigenvalue weighted by Crippen LogP contribution is -1.88. The predicted molar refractivity (Wildman–Crippen MR) is 42.8 cm³/mol. The molecule has 0 spiro atoms. The third-order valence-electron chi connectivity index (χ3n) is 1.42. The minimum Gasteiger partial charge on any atom is -0.508 e. The molecule has 0 fully saturated rings. The summed E-state index contributed by atoms with van der Waals surface area (Å²) in [4.78, 5) is 10.1. The van der Waals surface area contributed by atoms with Crippen LogP contribution in [-0.4, -0.2) is 11.4 Å². The summed E-state index contributed by atoms with van der Waals surface area (Å²) in [6, 6.07) is 2.13. The first kappa shape index (κ1) is 9.00. The molecule has 0 amide bonds. The van der Waals surface area contributed by atoms with Crippen molar-refractivity contribution in [2.75, 3.05) is 0 Å². The van der Waals surface area contributed by atoms with Gasteiger partial charge in [-0.3, -0.25) is 0 Å². The van der Waals surface area contributed by atoms with E-state index < -0.39 is 5.82 Å². The first-order valence-electron chi connectivity index (χ1n) is 3.25. The lowest BCUT2D eigenvalue weighted by Gasteiger charge is -2.01. The minimum absolute atomic E-state index is 0.0336. The van der Waals surface area contributed by atoms with Gasteiger partial charge in [0, 0.05) is 18.1 Å². The van der Waals surface area contributed by atoms with E-state index in [4.69, 9.17) is 16.7 Å². The van der Waals surface area contributed by atoms with Crippen LogP contribution in [0.4, 0.5) is 4.39 Å². The molecule has 0 heterocycles. The van der Waals surface area contributed by atoms with Crippen molar-refractivity contribution in [3.63, 3.8) is 0 Å². The molecule has 1 aromatic rings. The first-order chi connectivity index (χ1) is 5.65. The maximum absolute atomic E-state index is 12.6. The van der Waals surface area contributed by atoms with Gasteiger partial charge in [0.1, 0.15) is 17.9 Å². The van der Waals surface area contributed by atoms with Gasteiger partial charge in [-0.25, -0.2) is 4.39 Å². The van der Waals surface area contributed by atoms with Crippen molar-refractivity contribution in [1.82, 2.24) is 0 Å². The van der Waals surface area contributed by atoms with Crippen LogP contribution in [0.2, 0.25) is 5.02 Å². The number of phenolic OH excluding ortho intramolecular Hbond substituents is 1. The third-order valence-corrected chi connectivity index (χ3v) is 1.71. The fourth-order valence-electron chi connectivity index (χ4n) is 0.831. The standard InChI is InChI=1S/C8H6ClFO2/c9-6-3-5(1-2-11)8(12)4-7(6)10/h2-4,12H,1H2. The molecule has 0 aliphatic rings. The number of benzene rings is 1. The number of carbonyl (C=O) groups is 1. The van der Waals surface area contributed by atoms with Crippen molar-refractivity contribution in [1.29, 1.82) is 0 Å². The Morgan fingerprint density at radius 1 is 1.58 bits per heavy atom. The zero-order valence-electron chi connectivity index (χ0n) is 6.05. The van der Waals surface area contributed by atoms with E-state index in [-0.39, 0.29) is 17.2 Å². The Kier molecular flexibility index (Phi) is 2.65. The first-order valence-corrected chi connectivity index (χ1v) is 3.63. The van der Waals surface area contributed by atoms with Gasteiger partial charge in [0.2, 0.25) is 0 Å². The highest BCUT2D eigenvalue weighted by atomic mass is 35.5. The number of halogens is 2. The summed E-state index contributed by atoms with van der Waals surface area (Å²) in [5, 5.41) is 9.00. The Balaban J connectivity index is 3.13. The Morgan fingerprint density at radius 2 is 2.25 bits per heavy atom. The Hall–Kier alpha value is -1.09. The van der Waals surface area contributed by atoms with Gasteiger partial charge in [-0.05, 0) is 6.07 Å². The monoisotopic (exact) mass is 188 g/mol. The van der Waals surface area contributed by atoms with Crippen molar-refractivity contribution in [3.05, 3.63) is 28.5 Å². The van der Waals surface area contributed by atoms with Gasteiger partial charge < -0.3 is 9.90 Å². The molecule has 0 saturated carbocycles. The number of hydrogen-bond acceptors (Lipinski definition) is 2. The van der Waals surface area contributed by atoms with Gasteiger partial charge in [-0.15, -0.1) is 0 Å². The number of aromatic hydroxyl groups is 1. The molecule has 0 radical (unpaired) electrons. The van der Waals surface area contributed by atoms with Crippen molar-refractivity contribution < 1.29 is 14.3 Å². The average Bonchev–Trinajstić information content (AvgIpc) is 2.01. The molecular weight excluding hydrogens is 183 g/mol. The summed E-state index contributed by atoms with van der Waals surface area (Å²) in [7, 11) is 0. The van der Waals surface area contributed by atoms with Gasteiger partial charge in [-0.1, -0.05) is 11.6 Å². The maximum atomic E-state index is 12.6. The summed E-state index contributed by atoms with van der Waals surface area (Å²) in [5.74, 6) is -0.937. The fourth-order valence-corrected chi connectivity index (χ4v) is 1.02. The van der Waals surface area contributed by atoms with E-state index in [0.29, 0.717) is 11.8 Å². The van der Waals surface area contributed by atoms with Crippen molar-refractivity contribution in [2.24, 2.45) is 0 Å². The molecule has 0 aliphatic heterocycles. The molecular formula is C8H6ClFO2. The number of carbonyl (C=O) groups excluding carboxylic acids is 1. The van der Waals surface area contributed by atoms with Crippen LogP contribution in [0.3, 0.4) is 0 Å². The molecule has 1 N–H and O–H groups in total. The van der Waals surface area contributed by atoms with Gasteiger partial charge in [-0.2, -0.15) is 0 Å². The van der Waals surface area contributed by atoms with E-state index >= 15 is 0 Å². The Labute approximate surface area is 73.6 Å². The molecule has 0 aliphatic carbocycles. The quantitative estimate of drug-likeness (QED) is 0.720.